The summed E-state index contributed by atoms with van der Waals surface area (Å²) in [7, 11) is 0. The van der Waals surface area contributed by atoms with Crippen molar-refractivity contribution in [3.05, 3.63) is 0 Å². The normalized spacial score (nSPS) is 53.7. The minimum Gasteiger partial charge on any atom is -0.465 e. The van der Waals surface area contributed by atoms with Gasteiger partial charge in [-0.05, 0) is 74.0 Å². The maximum Gasteiger partial charge on any atom is 0.293 e. The van der Waals surface area contributed by atoms with Crippen LogP contribution in [-0.2, 0) is 14.3 Å². The summed E-state index contributed by atoms with van der Waals surface area (Å²) < 4.78 is 5.25. The van der Waals surface area contributed by atoms with Crippen LogP contribution in [0.4, 0.5) is 0 Å². The first-order valence-corrected chi connectivity index (χ1v) is 9.70. The van der Waals surface area contributed by atoms with Gasteiger partial charge in [0, 0.05) is 11.8 Å². The Morgan fingerprint density at radius 1 is 1.21 bits per heavy atom. The summed E-state index contributed by atoms with van der Waals surface area (Å²) in [6.07, 6.45) is 7.17. The third-order valence-electron chi connectivity index (χ3n) is 8.51. The van der Waals surface area contributed by atoms with Gasteiger partial charge in [0.1, 0.15) is 11.9 Å². The summed E-state index contributed by atoms with van der Waals surface area (Å²) in [5, 5.41) is 11.1. The van der Waals surface area contributed by atoms with Crippen molar-refractivity contribution in [3.63, 3.8) is 0 Å². The van der Waals surface area contributed by atoms with Gasteiger partial charge in [-0.15, -0.1) is 0 Å². The largest absolute Gasteiger partial charge is 0.465 e. The van der Waals surface area contributed by atoms with Crippen LogP contribution in [0.3, 0.4) is 0 Å². The number of hydrogen-bond acceptors (Lipinski definition) is 4. The molecule has 0 amide bonds. The molecule has 134 valence electrons. The third-order valence-corrected chi connectivity index (χ3v) is 8.51. The number of fused-ring (bicyclic) bond motifs is 5. The topological polar surface area (TPSA) is 63.6 Å². The molecule has 0 radical (unpaired) electrons. The highest BCUT2D eigenvalue weighted by Gasteiger charge is 2.63. The molecule has 4 nitrogen and oxygen atoms in total. The quantitative estimate of drug-likeness (QED) is 0.788. The van der Waals surface area contributed by atoms with E-state index in [1.807, 2.05) is 0 Å². The Hall–Kier alpha value is -0.900. The van der Waals surface area contributed by atoms with E-state index < -0.39 is 0 Å². The van der Waals surface area contributed by atoms with Gasteiger partial charge in [0.2, 0.25) is 0 Å². The van der Waals surface area contributed by atoms with Crippen molar-refractivity contribution >= 4 is 12.3 Å². The number of carbonyl (C=O) groups is 2. The molecule has 0 aromatic heterocycles. The molecule has 0 bridgehead atoms. The van der Waals surface area contributed by atoms with Gasteiger partial charge in [-0.1, -0.05) is 13.8 Å². The maximum absolute atomic E-state index is 12.5. The average molecular weight is 334 g/mol. The minimum atomic E-state index is -0.366. The van der Waals surface area contributed by atoms with E-state index in [1.54, 1.807) is 0 Å². The molecule has 0 aromatic rings. The summed E-state index contributed by atoms with van der Waals surface area (Å²) in [6, 6.07) is 0. The number of Topliss-reactive ketones (excluding diaryl/α,β-unsaturated/α-hetero) is 1. The molecule has 4 heteroatoms. The smallest absolute Gasteiger partial charge is 0.293 e. The maximum atomic E-state index is 12.5. The van der Waals surface area contributed by atoms with Crippen LogP contribution < -0.4 is 0 Å². The number of ether oxygens (including phenoxy) is 1. The lowest BCUT2D eigenvalue weighted by atomic mass is 9.44. The number of rotatable bonds is 2. The summed E-state index contributed by atoms with van der Waals surface area (Å²) >= 11 is 0. The average Bonchev–Trinajstić information content (AvgIpc) is 2.82. The first kappa shape index (κ1) is 16.6. The van der Waals surface area contributed by atoms with E-state index in [0.717, 1.165) is 38.5 Å². The van der Waals surface area contributed by atoms with Gasteiger partial charge < -0.3 is 9.84 Å². The highest BCUT2D eigenvalue weighted by Crippen LogP contribution is 2.65. The molecule has 0 spiro atoms. The van der Waals surface area contributed by atoms with E-state index in [-0.39, 0.29) is 23.0 Å². The van der Waals surface area contributed by atoms with Crippen LogP contribution >= 0.6 is 0 Å². The number of carbonyl (C=O) groups excluding carboxylic acids is 2. The van der Waals surface area contributed by atoms with Gasteiger partial charge in [0.15, 0.2) is 0 Å². The molecule has 0 aliphatic heterocycles. The van der Waals surface area contributed by atoms with Gasteiger partial charge in [-0.25, -0.2) is 0 Å². The fourth-order valence-electron chi connectivity index (χ4n) is 7.32. The van der Waals surface area contributed by atoms with Crippen LogP contribution in [0, 0.1) is 34.5 Å². The van der Waals surface area contributed by atoms with E-state index >= 15 is 0 Å². The van der Waals surface area contributed by atoms with Crippen molar-refractivity contribution in [2.24, 2.45) is 34.5 Å². The molecular weight excluding hydrogens is 304 g/mol. The Kier molecular flexibility index (Phi) is 3.83. The molecular formula is C20H30O4. The van der Waals surface area contributed by atoms with Crippen LogP contribution in [-0.4, -0.2) is 29.6 Å². The van der Waals surface area contributed by atoms with Crippen LogP contribution in [0.1, 0.15) is 65.2 Å². The highest BCUT2D eigenvalue weighted by molar-refractivity contribution is 5.87. The number of aliphatic hydroxyl groups excluding tert-OH is 1. The van der Waals surface area contributed by atoms with Gasteiger partial charge in [-0.3, -0.25) is 9.59 Å². The summed E-state index contributed by atoms with van der Waals surface area (Å²) in [4.78, 5) is 23.2. The molecule has 4 fully saturated rings. The molecule has 0 heterocycles. The Balaban J connectivity index is 1.62. The van der Waals surface area contributed by atoms with E-state index in [9.17, 15) is 14.7 Å². The van der Waals surface area contributed by atoms with Gasteiger partial charge in [-0.2, -0.15) is 0 Å². The predicted octanol–water partition coefficient (Wildman–Crippen LogP) is 3.11. The third kappa shape index (κ3) is 2.14. The van der Waals surface area contributed by atoms with Crippen molar-refractivity contribution in [1.29, 1.82) is 0 Å². The Morgan fingerprint density at radius 2 is 2.00 bits per heavy atom. The molecule has 0 unspecified atom stereocenters. The Bertz CT molecular complexity index is 546. The number of hydrogen-bond donors (Lipinski definition) is 1. The molecule has 24 heavy (non-hydrogen) atoms. The Labute approximate surface area is 144 Å². The Morgan fingerprint density at radius 3 is 2.75 bits per heavy atom. The van der Waals surface area contributed by atoms with Gasteiger partial charge >= 0.3 is 0 Å². The number of ketones is 1. The van der Waals surface area contributed by atoms with E-state index in [1.165, 1.54) is 0 Å². The molecule has 4 rings (SSSR count). The van der Waals surface area contributed by atoms with Crippen LogP contribution in [0.5, 0.6) is 0 Å². The summed E-state index contributed by atoms with van der Waals surface area (Å²) in [5.41, 5.74) is -0.167. The second-order valence-electron chi connectivity index (χ2n) is 9.36. The summed E-state index contributed by atoms with van der Waals surface area (Å²) in [6.45, 7) is 5.05. The zero-order valence-electron chi connectivity index (χ0n) is 14.9. The molecule has 4 aliphatic rings. The van der Waals surface area contributed by atoms with Crippen LogP contribution in [0.25, 0.3) is 0 Å². The summed E-state index contributed by atoms with van der Waals surface area (Å²) in [5.74, 6) is 2.14. The van der Waals surface area contributed by atoms with E-state index in [4.69, 9.17) is 4.74 Å². The monoisotopic (exact) mass is 334 g/mol. The lowest BCUT2D eigenvalue weighted by Gasteiger charge is -2.61. The molecule has 4 saturated carbocycles. The SMILES string of the molecule is C[C@]12CC[C@@H](OC=O)C[C@H]1CC[C@@H]1[C@@H]2[C@@H](O)C[C@]2(C)C(=O)CC[C@@H]12. The second-order valence-corrected chi connectivity index (χ2v) is 9.36. The molecule has 4 aliphatic carbocycles. The molecule has 8 atom stereocenters. The lowest BCUT2D eigenvalue weighted by molar-refractivity contribution is -0.179. The van der Waals surface area contributed by atoms with Crippen LogP contribution in [0.15, 0.2) is 0 Å². The van der Waals surface area contributed by atoms with Crippen molar-refractivity contribution in [2.45, 2.75) is 77.4 Å². The van der Waals surface area contributed by atoms with Gasteiger partial charge in [0.25, 0.3) is 6.47 Å². The van der Waals surface area contributed by atoms with Crippen LogP contribution in [0.2, 0.25) is 0 Å². The minimum absolute atomic E-state index is 0.0520. The number of aliphatic hydroxyl groups is 1. The first-order chi connectivity index (χ1) is 11.4. The van der Waals surface area contributed by atoms with Crippen molar-refractivity contribution < 1.29 is 19.4 Å². The molecule has 1 N–H and O–H groups in total. The van der Waals surface area contributed by atoms with Gasteiger partial charge in [0.05, 0.1) is 6.10 Å². The van der Waals surface area contributed by atoms with Crippen molar-refractivity contribution in [2.75, 3.05) is 0 Å². The van der Waals surface area contributed by atoms with E-state index in [2.05, 4.69) is 13.8 Å². The molecule has 0 aromatic carbocycles. The van der Waals surface area contributed by atoms with E-state index in [0.29, 0.717) is 48.8 Å². The van der Waals surface area contributed by atoms with Crippen molar-refractivity contribution in [1.82, 2.24) is 0 Å². The fourth-order valence-corrected chi connectivity index (χ4v) is 7.32. The standard InChI is InChI=1S/C20H30O4/c1-19-8-7-13(24-11-21)9-12(19)3-4-14-15-5-6-17(23)20(15,2)10-16(22)18(14)19/h11-16,18,22H,3-10H2,1-2H3/t12-,13-,14+,15+,16+,18-,19+,20+/m1/s1. The molecule has 0 saturated heterocycles. The zero-order valence-corrected chi connectivity index (χ0v) is 14.9. The fraction of sp³-hybridized carbons (Fsp3) is 0.900. The first-order valence-electron chi connectivity index (χ1n) is 9.70. The predicted molar refractivity (Wildman–Crippen MR) is 89.1 cm³/mol. The lowest BCUT2D eigenvalue weighted by Crippen LogP contribution is -2.59. The van der Waals surface area contributed by atoms with Crippen molar-refractivity contribution in [3.8, 4) is 0 Å². The zero-order chi connectivity index (χ0) is 17.1. The highest BCUT2D eigenvalue weighted by atomic mass is 16.5. The second kappa shape index (κ2) is 5.55.